The highest BCUT2D eigenvalue weighted by molar-refractivity contribution is 6.52. The van der Waals surface area contributed by atoms with Gasteiger partial charge in [-0.15, -0.1) is 0 Å². The molecule has 2 aromatic rings. The second-order valence-electron chi connectivity index (χ2n) is 4.42. The van der Waals surface area contributed by atoms with E-state index in [2.05, 4.69) is 0 Å². The summed E-state index contributed by atoms with van der Waals surface area (Å²) >= 11 is 48.3. The van der Waals surface area contributed by atoms with E-state index < -0.39 is 0 Å². The minimum Gasteiger partial charge on any atom is -0.0826 e. The van der Waals surface area contributed by atoms with Crippen LogP contribution in [0.2, 0.25) is 40.2 Å². The lowest BCUT2D eigenvalue weighted by atomic mass is 10.0. The minimum atomic E-state index is 0.226. The molecule has 0 aliphatic heterocycles. The number of hydrogen-bond acceptors (Lipinski definition) is 0. The van der Waals surface area contributed by atoms with Crippen LogP contribution in [-0.2, 0) is 12.8 Å². The summed E-state index contributed by atoms with van der Waals surface area (Å²) in [6.45, 7) is 0. The molecule has 22 heavy (non-hydrogen) atoms. The first-order valence-corrected chi connectivity index (χ1v) is 8.90. The Bertz CT molecular complexity index is 675. The van der Waals surface area contributed by atoms with Crippen molar-refractivity contribution in [2.45, 2.75) is 12.8 Å². The topological polar surface area (TPSA) is 0 Å². The number of hydrogen-bond donors (Lipinski definition) is 0. The lowest BCUT2D eigenvalue weighted by molar-refractivity contribution is 0.961. The predicted molar refractivity (Wildman–Crippen MR) is 100 cm³/mol. The van der Waals surface area contributed by atoms with Crippen LogP contribution < -0.4 is 0 Å². The molecule has 0 aromatic heterocycles. The van der Waals surface area contributed by atoms with Gasteiger partial charge in [-0.1, -0.05) is 92.8 Å². The summed E-state index contributed by atoms with van der Waals surface area (Å²) in [5, 5.41) is 2.30. The first-order valence-electron chi connectivity index (χ1n) is 5.87. The largest absolute Gasteiger partial charge is 0.0826 e. The van der Waals surface area contributed by atoms with E-state index in [1.165, 1.54) is 0 Å². The summed E-state index contributed by atoms with van der Waals surface area (Å²) in [4.78, 5) is 0. The quantitative estimate of drug-likeness (QED) is 0.319. The maximum Gasteiger partial charge on any atom is 0.0796 e. The monoisotopic (exact) mass is 454 g/mol. The van der Waals surface area contributed by atoms with Crippen molar-refractivity contribution in [1.82, 2.24) is 0 Å². The Kier molecular flexibility index (Phi) is 6.73. The zero-order valence-electron chi connectivity index (χ0n) is 10.6. The van der Waals surface area contributed by atoms with Gasteiger partial charge in [0.15, 0.2) is 0 Å². The first kappa shape index (κ1) is 19.1. The Morgan fingerprint density at radius 3 is 1.09 bits per heavy atom. The van der Waals surface area contributed by atoms with Crippen molar-refractivity contribution >= 4 is 92.8 Å². The van der Waals surface area contributed by atoms with Crippen LogP contribution in [-0.4, -0.2) is 0 Å². The molecular weight excluding hydrogens is 452 g/mol. The van der Waals surface area contributed by atoms with Crippen LogP contribution >= 0.6 is 92.8 Å². The van der Waals surface area contributed by atoms with Gasteiger partial charge >= 0.3 is 0 Å². The zero-order chi connectivity index (χ0) is 16.6. The van der Waals surface area contributed by atoms with E-state index in [0.29, 0.717) is 32.9 Å². The summed E-state index contributed by atoms with van der Waals surface area (Å²) in [5.41, 5.74) is 1.50. The van der Waals surface area contributed by atoms with E-state index in [-0.39, 0.29) is 20.1 Å². The highest BCUT2D eigenvalue weighted by Crippen LogP contribution is 2.41. The lowest BCUT2D eigenvalue weighted by Gasteiger charge is -2.12. The molecule has 0 aliphatic carbocycles. The number of aryl methyl sites for hydroxylation is 2. The molecule has 0 aliphatic rings. The van der Waals surface area contributed by atoms with Crippen molar-refractivity contribution in [3.05, 3.63) is 63.4 Å². The molecular formula is C14H6Cl8. The van der Waals surface area contributed by atoms with E-state index in [9.17, 15) is 0 Å². The van der Waals surface area contributed by atoms with Gasteiger partial charge in [0.25, 0.3) is 0 Å². The van der Waals surface area contributed by atoms with Gasteiger partial charge in [-0.05, 0) is 36.1 Å². The van der Waals surface area contributed by atoms with Gasteiger partial charge in [-0.3, -0.25) is 0 Å². The summed E-state index contributed by atoms with van der Waals surface area (Å²) < 4.78 is 0. The van der Waals surface area contributed by atoms with E-state index >= 15 is 0 Å². The molecule has 0 saturated heterocycles. The van der Waals surface area contributed by atoms with Gasteiger partial charge in [0.05, 0.1) is 40.2 Å². The standard InChI is InChI=1S/C14H6Cl8/c15-7-3-5(9(17)13(21)11(7)19)1-2-6-4-8(16)12(20)14(22)10(6)18/h3-4H,1-2H2. The molecule has 118 valence electrons. The summed E-state index contributed by atoms with van der Waals surface area (Å²) in [7, 11) is 0. The molecule has 0 amide bonds. The Balaban J connectivity index is 2.32. The number of benzene rings is 2. The first-order chi connectivity index (χ1) is 10.2. The van der Waals surface area contributed by atoms with Crippen molar-refractivity contribution in [3.8, 4) is 0 Å². The lowest BCUT2D eigenvalue weighted by Crippen LogP contribution is -1.96. The van der Waals surface area contributed by atoms with Gasteiger partial charge < -0.3 is 0 Å². The zero-order valence-corrected chi connectivity index (χ0v) is 16.6. The highest BCUT2D eigenvalue weighted by atomic mass is 35.5. The molecule has 0 spiro atoms. The Labute approximate surface area is 168 Å². The fourth-order valence-corrected chi connectivity index (χ4v) is 3.75. The smallest absolute Gasteiger partial charge is 0.0796 e. The summed E-state index contributed by atoms with van der Waals surface area (Å²) in [6, 6.07) is 3.34. The van der Waals surface area contributed by atoms with Crippen LogP contribution in [0.4, 0.5) is 0 Å². The van der Waals surface area contributed by atoms with Gasteiger partial charge in [-0.2, -0.15) is 0 Å². The molecule has 2 aromatic carbocycles. The van der Waals surface area contributed by atoms with Crippen LogP contribution in [0, 0.1) is 0 Å². The maximum absolute atomic E-state index is 6.18. The number of halogens is 8. The average molecular weight is 458 g/mol. The fraction of sp³-hybridized carbons (Fsp3) is 0.143. The maximum atomic E-state index is 6.18. The van der Waals surface area contributed by atoms with E-state index in [4.69, 9.17) is 92.8 Å². The molecule has 0 heterocycles. The molecule has 0 bridgehead atoms. The van der Waals surface area contributed by atoms with E-state index in [0.717, 1.165) is 11.1 Å². The van der Waals surface area contributed by atoms with Crippen molar-refractivity contribution in [1.29, 1.82) is 0 Å². The molecule has 0 nitrogen and oxygen atoms in total. The Morgan fingerprint density at radius 2 is 0.773 bits per heavy atom. The Hall–Kier alpha value is 0.760. The molecule has 0 fully saturated rings. The van der Waals surface area contributed by atoms with Crippen molar-refractivity contribution in [3.63, 3.8) is 0 Å². The van der Waals surface area contributed by atoms with Crippen LogP contribution in [0.5, 0.6) is 0 Å². The molecule has 0 unspecified atom stereocenters. The molecule has 0 N–H and O–H groups in total. The Morgan fingerprint density at radius 1 is 0.455 bits per heavy atom. The van der Waals surface area contributed by atoms with E-state index in [1.807, 2.05) is 0 Å². The highest BCUT2D eigenvalue weighted by Gasteiger charge is 2.16. The van der Waals surface area contributed by atoms with Crippen molar-refractivity contribution in [2.75, 3.05) is 0 Å². The van der Waals surface area contributed by atoms with Crippen LogP contribution in [0.1, 0.15) is 11.1 Å². The average Bonchev–Trinajstić information content (AvgIpc) is 2.49. The van der Waals surface area contributed by atoms with Gasteiger partial charge in [0, 0.05) is 0 Å². The summed E-state index contributed by atoms with van der Waals surface area (Å²) in [6.07, 6.45) is 1.06. The summed E-state index contributed by atoms with van der Waals surface area (Å²) in [5.74, 6) is 0. The van der Waals surface area contributed by atoms with E-state index in [1.54, 1.807) is 12.1 Å². The third kappa shape index (κ3) is 3.87. The minimum absolute atomic E-state index is 0.226. The van der Waals surface area contributed by atoms with Crippen LogP contribution in [0.3, 0.4) is 0 Å². The predicted octanol–water partition coefficient (Wildman–Crippen LogP) is 8.70. The third-order valence-electron chi connectivity index (χ3n) is 3.02. The molecule has 2 rings (SSSR count). The second kappa shape index (κ2) is 7.76. The van der Waals surface area contributed by atoms with Crippen LogP contribution in [0.15, 0.2) is 12.1 Å². The van der Waals surface area contributed by atoms with Crippen molar-refractivity contribution < 1.29 is 0 Å². The van der Waals surface area contributed by atoms with Gasteiger partial charge in [0.2, 0.25) is 0 Å². The van der Waals surface area contributed by atoms with Crippen LogP contribution in [0.25, 0.3) is 0 Å². The van der Waals surface area contributed by atoms with Gasteiger partial charge in [-0.25, -0.2) is 0 Å². The third-order valence-corrected chi connectivity index (χ3v) is 6.60. The molecule has 8 heteroatoms. The SMILES string of the molecule is Clc1cc(CCc2cc(Cl)c(Cl)c(Cl)c2Cl)c(Cl)c(Cl)c1Cl. The second-order valence-corrected chi connectivity index (χ2v) is 7.50. The molecule has 0 atom stereocenters. The molecule has 0 radical (unpaired) electrons. The van der Waals surface area contributed by atoms with Gasteiger partial charge in [0.1, 0.15) is 0 Å². The normalized spacial score (nSPS) is 11.1. The van der Waals surface area contributed by atoms with Crippen molar-refractivity contribution in [2.24, 2.45) is 0 Å². The fourth-order valence-electron chi connectivity index (χ4n) is 1.88. The molecule has 0 saturated carbocycles. The number of rotatable bonds is 3.